The first-order valence-electron chi connectivity index (χ1n) is 8.29. The van der Waals surface area contributed by atoms with E-state index in [0.717, 1.165) is 12.0 Å². The number of nitro groups is 1. The molecule has 0 aliphatic carbocycles. The lowest BCUT2D eigenvalue weighted by atomic mass is 10.2. The molecule has 2 rings (SSSR count). The number of thioether (sulfide) groups is 2. The molecular weight excluding hydrogens is 422 g/mol. The summed E-state index contributed by atoms with van der Waals surface area (Å²) < 4.78 is 1.27. The van der Waals surface area contributed by atoms with Gasteiger partial charge in [0.25, 0.3) is 5.69 Å². The van der Waals surface area contributed by atoms with Gasteiger partial charge in [-0.15, -0.1) is 10.2 Å². The topological polar surface area (TPSA) is 127 Å². The molecule has 0 atom stereocenters. The van der Waals surface area contributed by atoms with Gasteiger partial charge >= 0.3 is 0 Å². The first-order valence-corrected chi connectivity index (χ1v) is 11.1. The van der Waals surface area contributed by atoms with Gasteiger partial charge in [-0.2, -0.15) is 0 Å². The summed E-state index contributed by atoms with van der Waals surface area (Å²) >= 11 is 3.83. The highest BCUT2D eigenvalue weighted by atomic mass is 32.2. The Hall–Kier alpha value is -2.18. The lowest BCUT2D eigenvalue weighted by Crippen LogP contribution is -2.25. The molecule has 0 bridgehead atoms. The molecule has 9 nitrogen and oxygen atoms in total. The molecule has 0 aliphatic heterocycles. The molecule has 0 spiro atoms. The van der Waals surface area contributed by atoms with Gasteiger partial charge < -0.3 is 10.6 Å². The number of amides is 2. The van der Waals surface area contributed by atoms with Gasteiger partial charge in [-0.1, -0.05) is 47.9 Å². The van der Waals surface area contributed by atoms with Crippen LogP contribution in [0.2, 0.25) is 0 Å². The zero-order valence-corrected chi connectivity index (χ0v) is 17.7. The number of anilines is 1. The summed E-state index contributed by atoms with van der Waals surface area (Å²) in [5.74, 6) is 0.0180. The minimum Gasteiger partial charge on any atom is -0.355 e. The number of non-ortho nitro benzene ring substituents is 1. The van der Waals surface area contributed by atoms with Crippen molar-refractivity contribution in [2.24, 2.45) is 0 Å². The van der Waals surface area contributed by atoms with Crippen molar-refractivity contribution >= 4 is 58.0 Å². The lowest BCUT2D eigenvalue weighted by molar-refractivity contribution is -0.384. The van der Waals surface area contributed by atoms with Crippen molar-refractivity contribution in [3.63, 3.8) is 0 Å². The van der Waals surface area contributed by atoms with Crippen molar-refractivity contribution in [2.75, 3.05) is 23.4 Å². The first kappa shape index (κ1) is 22.1. The number of benzene rings is 1. The Morgan fingerprint density at radius 2 is 1.82 bits per heavy atom. The maximum Gasteiger partial charge on any atom is 0.271 e. The molecular formula is C16H19N5O4S3. The Balaban J connectivity index is 1.82. The highest BCUT2D eigenvalue weighted by molar-refractivity contribution is 8.03. The molecule has 0 radical (unpaired) electrons. The van der Waals surface area contributed by atoms with E-state index in [4.69, 9.17) is 0 Å². The van der Waals surface area contributed by atoms with Gasteiger partial charge in [0.2, 0.25) is 11.8 Å². The fraction of sp³-hybridized carbons (Fsp3) is 0.375. The molecule has 1 aromatic carbocycles. The molecule has 0 saturated heterocycles. The zero-order valence-electron chi connectivity index (χ0n) is 15.3. The standard InChI is InChI=1S/C16H19N5O4S3/c1-3-6-17-13(22)8-26-15-19-20-16(28-15)27-9-14(23)18-12-7-11(21(24)25)5-4-10(12)2/h4-5,7H,3,6,8-9H2,1-2H3,(H,17,22)(H,18,23). The molecule has 0 fully saturated rings. The normalized spacial score (nSPS) is 10.5. The molecule has 28 heavy (non-hydrogen) atoms. The summed E-state index contributed by atoms with van der Waals surface area (Å²) in [6.07, 6.45) is 0.883. The zero-order chi connectivity index (χ0) is 20.5. The number of carbonyl (C=O) groups is 2. The summed E-state index contributed by atoms with van der Waals surface area (Å²) in [4.78, 5) is 34.1. The Bertz CT molecular complexity index is 859. The number of hydrogen-bond acceptors (Lipinski definition) is 9. The second-order valence-corrected chi connectivity index (χ2v) is 8.99. The van der Waals surface area contributed by atoms with Crippen LogP contribution >= 0.6 is 34.9 Å². The second-order valence-electron chi connectivity index (χ2n) is 5.57. The highest BCUT2D eigenvalue weighted by Crippen LogP contribution is 2.29. The van der Waals surface area contributed by atoms with E-state index in [1.165, 1.54) is 47.0 Å². The summed E-state index contributed by atoms with van der Waals surface area (Å²) in [6, 6.07) is 4.32. The molecule has 1 heterocycles. The van der Waals surface area contributed by atoms with Crippen molar-refractivity contribution in [1.82, 2.24) is 15.5 Å². The molecule has 0 unspecified atom stereocenters. The molecule has 0 aliphatic rings. The van der Waals surface area contributed by atoms with Crippen LogP contribution in [-0.4, -0.2) is 45.0 Å². The van der Waals surface area contributed by atoms with Crippen molar-refractivity contribution in [3.05, 3.63) is 33.9 Å². The predicted octanol–water partition coefficient (Wildman–Crippen LogP) is 3.10. The monoisotopic (exact) mass is 441 g/mol. The SMILES string of the molecule is CCCNC(=O)CSc1nnc(SCC(=O)Nc2cc([N+](=O)[O-])ccc2C)s1. The minimum atomic E-state index is -0.507. The molecule has 2 N–H and O–H groups in total. The Morgan fingerprint density at radius 3 is 2.43 bits per heavy atom. The lowest BCUT2D eigenvalue weighted by Gasteiger charge is -2.07. The van der Waals surface area contributed by atoms with Crippen molar-refractivity contribution in [3.8, 4) is 0 Å². The number of carbonyl (C=O) groups excluding carboxylic acids is 2. The van der Waals surface area contributed by atoms with E-state index < -0.39 is 4.92 Å². The van der Waals surface area contributed by atoms with Crippen LogP contribution in [0.25, 0.3) is 0 Å². The van der Waals surface area contributed by atoms with E-state index in [9.17, 15) is 19.7 Å². The van der Waals surface area contributed by atoms with E-state index in [2.05, 4.69) is 20.8 Å². The van der Waals surface area contributed by atoms with Crippen LogP contribution < -0.4 is 10.6 Å². The number of hydrogen-bond donors (Lipinski definition) is 2. The van der Waals surface area contributed by atoms with Gasteiger partial charge in [0, 0.05) is 18.7 Å². The average molecular weight is 442 g/mol. The Morgan fingerprint density at radius 1 is 1.18 bits per heavy atom. The van der Waals surface area contributed by atoms with E-state index in [1.807, 2.05) is 6.92 Å². The molecule has 2 aromatic rings. The maximum atomic E-state index is 12.1. The van der Waals surface area contributed by atoms with E-state index in [-0.39, 0.29) is 29.0 Å². The van der Waals surface area contributed by atoms with Crippen LogP contribution in [0, 0.1) is 17.0 Å². The number of nitrogens with one attached hydrogen (secondary N) is 2. The Kier molecular flexibility index (Phi) is 8.67. The van der Waals surface area contributed by atoms with Gasteiger partial charge in [0.15, 0.2) is 8.68 Å². The van der Waals surface area contributed by atoms with Crippen LogP contribution in [0.4, 0.5) is 11.4 Å². The van der Waals surface area contributed by atoms with Gasteiger partial charge in [0.05, 0.1) is 22.1 Å². The summed E-state index contributed by atoms with van der Waals surface area (Å²) in [5.41, 5.74) is 1.06. The molecule has 12 heteroatoms. The summed E-state index contributed by atoms with van der Waals surface area (Å²) in [7, 11) is 0. The number of nitro benzene ring substituents is 1. The van der Waals surface area contributed by atoms with Crippen molar-refractivity contribution < 1.29 is 14.5 Å². The average Bonchev–Trinajstić information content (AvgIpc) is 3.12. The summed E-state index contributed by atoms with van der Waals surface area (Å²) in [5, 5.41) is 24.3. The van der Waals surface area contributed by atoms with E-state index in [0.29, 0.717) is 20.9 Å². The van der Waals surface area contributed by atoms with Crippen molar-refractivity contribution in [1.29, 1.82) is 0 Å². The van der Waals surface area contributed by atoms with Gasteiger partial charge in [-0.3, -0.25) is 19.7 Å². The van der Waals surface area contributed by atoms with Gasteiger partial charge in [-0.25, -0.2) is 0 Å². The van der Waals surface area contributed by atoms with Crippen LogP contribution in [0.15, 0.2) is 26.9 Å². The largest absolute Gasteiger partial charge is 0.355 e. The molecule has 150 valence electrons. The third kappa shape index (κ3) is 7.09. The third-order valence-corrected chi connectivity index (χ3v) is 6.51. The third-order valence-electron chi connectivity index (χ3n) is 3.32. The number of nitrogens with zero attached hydrogens (tertiary/aromatic N) is 3. The van der Waals surface area contributed by atoms with Crippen LogP contribution in [0.5, 0.6) is 0 Å². The smallest absolute Gasteiger partial charge is 0.271 e. The van der Waals surface area contributed by atoms with Crippen LogP contribution in [0.3, 0.4) is 0 Å². The van der Waals surface area contributed by atoms with Gasteiger partial charge in [0.1, 0.15) is 0 Å². The van der Waals surface area contributed by atoms with Gasteiger partial charge in [-0.05, 0) is 18.9 Å². The van der Waals surface area contributed by atoms with Crippen LogP contribution in [-0.2, 0) is 9.59 Å². The van der Waals surface area contributed by atoms with Crippen LogP contribution in [0.1, 0.15) is 18.9 Å². The maximum absolute atomic E-state index is 12.1. The first-order chi connectivity index (χ1) is 13.4. The fourth-order valence-corrected chi connectivity index (χ4v) is 4.58. The predicted molar refractivity (Wildman–Crippen MR) is 111 cm³/mol. The molecule has 1 aromatic heterocycles. The number of aromatic nitrogens is 2. The minimum absolute atomic E-state index is 0.0528. The quantitative estimate of drug-likeness (QED) is 0.327. The highest BCUT2D eigenvalue weighted by Gasteiger charge is 2.13. The number of rotatable bonds is 10. The Labute approximate surface area is 174 Å². The molecule has 0 saturated carbocycles. The number of aryl methyl sites for hydroxylation is 1. The van der Waals surface area contributed by atoms with E-state index in [1.54, 1.807) is 13.0 Å². The summed E-state index contributed by atoms with van der Waals surface area (Å²) in [6.45, 7) is 4.39. The second kappa shape index (κ2) is 11.0. The van der Waals surface area contributed by atoms with Crippen molar-refractivity contribution in [2.45, 2.75) is 28.9 Å². The fourth-order valence-electron chi connectivity index (χ4n) is 1.93. The van der Waals surface area contributed by atoms with E-state index >= 15 is 0 Å². The molecule has 2 amide bonds.